The highest BCUT2D eigenvalue weighted by Gasteiger charge is 2.13. The zero-order valence-electron chi connectivity index (χ0n) is 11.3. The minimum atomic E-state index is -0.0750. The molecule has 0 fully saturated rings. The molecule has 1 atom stereocenters. The molecule has 0 radical (unpaired) electrons. The molecule has 1 amide bonds. The molecule has 2 aromatic rings. The summed E-state index contributed by atoms with van der Waals surface area (Å²) in [6.45, 7) is 3.97. The molecule has 1 N–H and O–H groups in total. The predicted molar refractivity (Wildman–Crippen MR) is 88.9 cm³/mol. The van der Waals surface area contributed by atoms with Crippen molar-refractivity contribution in [3.8, 4) is 0 Å². The first-order valence-electron chi connectivity index (χ1n) is 6.30. The van der Waals surface area contributed by atoms with Crippen LogP contribution in [0.15, 0.2) is 51.4 Å². The Kier molecular flexibility index (Phi) is 5.00. The number of carbonyl (C=O) groups is 1. The summed E-state index contributed by atoms with van der Waals surface area (Å²) in [5.41, 5.74) is 2.83. The minimum absolute atomic E-state index is 0.0573. The van der Waals surface area contributed by atoms with Crippen molar-refractivity contribution in [2.24, 2.45) is 0 Å². The Bertz CT molecular complexity index is 640. The third kappa shape index (κ3) is 3.49. The van der Waals surface area contributed by atoms with Gasteiger partial charge in [0.2, 0.25) is 0 Å². The first kappa shape index (κ1) is 15.3. The van der Waals surface area contributed by atoms with Crippen LogP contribution in [0.1, 0.15) is 34.5 Å². The van der Waals surface area contributed by atoms with Gasteiger partial charge in [0.15, 0.2) is 0 Å². The summed E-state index contributed by atoms with van der Waals surface area (Å²) in [5.74, 6) is -0.0750. The molecule has 2 nitrogen and oxygen atoms in total. The summed E-state index contributed by atoms with van der Waals surface area (Å²) in [6.07, 6.45) is 0. The highest BCUT2D eigenvalue weighted by molar-refractivity contribution is 9.10. The van der Waals surface area contributed by atoms with E-state index in [1.807, 2.05) is 56.3 Å². The van der Waals surface area contributed by atoms with Gasteiger partial charge in [-0.15, -0.1) is 0 Å². The van der Waals surface area contributed by atoms with Gasteiger partial charge in [-0.2, -0.15) is 0 Å². The third-order valence-electron chi connectivity index (χ3n) is 3.15. The molecule has 20 heavy (non-hydrogen) atoms. The molecule has 2 aromatic carbocycles. The van der Waals surface area contributed by atoms with E-state index in [0.29, 0.717) is 5.56 Å². The number of halogens is 2. The van der Waals surface area contributed by atoms with Crippen LogP contribution in [0.3, 0.4) is 0 Å². The molecule has 0 aliphatic rings. The molecule has 0 heterocycles. The van der Waals surface area contributed by atoms with Crippen LogP contribution in [-0.2, 0) is 0 Å². The molecule has 104 valence electrons. The molecule has 1 unspecified atom stereocenters. The lowest BCUT2D eigenvalue weighted by Crippen LogP contribution is -2.26. The van der Waals surface area contributed by atoms with Crippen molar-refractivity contribution in [3.63, 3.8) is 0 Å². The van der Waals surface area contributed by atoms with E-state index in [4.69, 9.17) is 0 Å². The molecule has 0 saturated heterocycles. The van der Waals surface area contributed by atoms with Crippen LogP contribution in [0.2, 0.25) is 0 Å². The standard InChI is InChI=1S/C16H15Br2NO/c1-10-7-8-12(9-15(10)18)16(20)19-11(2)13-5-3-4-6-14(13)17/h3-9,11H,1-2H3,(H,19,20). The highest BCUT2D eigenvalue weighted by atomic mass is 79.9. The van der Waals surface area contributed by atoms with Crippen molar-refractivity contribution in [2.75, 3.05) is 0 Å². The molecule has 2 rings (SSSR count). The van der Waals surface area contributed by atoms with Crippen LogP contribution >= 0.6 is 31.9 Å². The number of hydrogen-bond acceptors (Lipinski definition) is 1. The fourth-order valence-corrected chi connectivity index (χ4v) is 2.93. The molecule has 0 bridgehead atoms. The molecule has 4 heteroatoms. The summed E-state index contributed by atoms with van der Waals surface area (Å²) in [4.78, 5) is 12.3. The maximum Gasteiger partial charge on any atom is 0.251 e. The van der Waals surface area contributed by atoms with Crippen LogP contribution < -0.4 is 5.32 Å². The van der Waals surface area contributed by atoms with Crippen LogP contribution in [-0.4, -0.2) is 5.91 Å². The van der Waals surface area contributed by atoms with Gasteiger partial charge in [-0.3, -0.25) is 4.79 Å². The number of hydrogen-bond donors (Lipinski definition) is 1. The van der Waals surface area contributed by atoms with Gasteiger partial charge in [-0.25, -0.2) is 0 Å². The fraction of sp³-hybridized carbons (Fsp3) is 0.188. The summed E-state index contributed by atoms with van der Waals surface area (Å²) < 4.78 is 1.94. The van der Waals surface area contributed by atoms with Crippen molar-refractivity contribution >= 4 is 37.8 Å². The lowest BCUT2D eigenvalue weighted by molar-refractivity contribution is 0.0939. The van der Waals surface area contributed by atoms with Crippen LogP contribution in [0.4, 0.5) is 0 Å². The zero-order chi connectivity index (χ0) is 14.7. The Hall–Kier alpha value is -1.13. The van der Waals surface area contributed by atoms with Crippen molar-refractivity contribution in [1.29, 1.82) is 0 Å². The summed E-state index contributed by atoms with van der Waals surface area (Å²) in [5, 5.41) is 3.01. The molecular weight excluding hydrogens is 382 g/mol. The SMILES string of the molecule is Cc1ccc(C(=O)NC(C)c2ccccc2Br)cc1Br. The van der Waals surface area contributed by atoms with E-state index in [-0.39, 0.29) is 11.9 Å². The third-order valence-corrected chi connectivity index (χ3v) is 4.73. The quantitative estimate of drug-likeness (QED) is 0.775. The summed E-state index contributed by atoms with van der Waals surface area (Å²) >= 11 is 6.96. The monoisotopic (exact) mass is 395 g/mol. The Balaban J connectivity index is 2.15. The van der Waals surface area contributed by atoms with Crippen LogP contribution in [0.25, 0.3) is 0 Å². The smallest absolute Gasteiger partial charge is 0.251 e. The maximum absolute atomic E-state index is 12.3. The van der Waals surface area contributed by atoms with Gasteiger partial charge >= 0.3 is 0 Å². The van der Waals surface area contributed by atoms with Crippen molar-refractivity contribution < 1.29 is 4.79 Å². The second kappa shape index (κ2) is 6.55. The van der Waals surface area contributed by atoms with Gasteiger partial charge < -0.3 is 5.32 Å². The van der Waals surface area contributed by atoms with Gasteiger partial charge in [-0.1, -0.05) is 56.1 Å². The number of aryl methyl sites for hydroxylation is 1. The molecule has 0 saturated carbocycles. The van der Waals surface area contributed by atoms with E-state index in [1.54, 1.807) is 0 Å². The van der Waals surface area contributed by atoms with Crippen LogP contribution in [0, 0.1) is 6.92 Å². The average molecular weight is 397 g/mol. The van der Waals surface area contributed by atoms with E-state index in [2.05, 4.69) is 37.2 Å². The Labute approximate surface area is 135 Å². The zero-order valence-corrected chi connectivity index (χ0v) is 14.5. The van der Waals surface area contributed by atoms with Crippen molar-refractivity contribution in [1.82, 2.24) is 5.32 Å². The van der Waals surface area contributed by atoms with E-state index in [0.717, 1.165) is 20.1 Å². The summed E-state index contributed by atoms with van der Waals surface area (Å²) in [7, 11) is 0. The number of amides is 1. The van der Waals surface area contributed by atoms with Gasteiger partial charge in [0, 0.05) is 14.5 Å². The number of rotatable bonds is 3. The lowest BCUT2D eigenvalue weighted by Gasteiger charge is -2.16. The van der Waals surface area contributed by atoms with Gasteiger partial charge in [0.25, 0.3) is 5.91 Å². The molecule has 0 aliphatic heterocycles. The van der Waals surface area contributed by atoms with Gasteiger partial charge in [-0.05, 0) is 43.2 Å². The van der Waals surface area contributed by atoms with E-state index in [9.17, 15) is 4.79 Å². The summed E-state index contributed by atoms with van der Waals surface area (Å²) in [6, 6.07) is 13.4. The average Bonchev–Trinajstić information content (AvgIpc) is 2.42. The van der Waals surface area contributed by atoms with Crippen LogP contribution in [0.5, 0.6) is 0 Å². The second-order valence-electron chi connectivity index (χ2n) is 4.68. The fourth-order valence-electron chi connectivity index (χ4n) is 1.92. The first-order valence-corrected chi connectivity index (χ1v) is 7.89. The topological polar surface area (TPSA) is 29.1 Å². The number of carbonyl (C=O) groups excluding carboxylic acids is 1. The lowest BCUT2D eigenvalue weighted by atomic mass is 10.1. The van der Waals surface area contributed by atoms with Gasteiger partial charge in [0.05, 0.1) is 6.04 Å². The number of nitrogens with one attached hydrogen (secondary N) is 1. The highest BCUT2D eigenvalue weighted by Crippen LogP contribution is 2.23. The first-order chi connectivity index (χ1) is 9.49. The Morgan fingerprint density at radius 1 is 1.10 bits per heavy atom. The largest absolute Gasteiger partial charge is 0.345 e. The molecule has 0 spiro atoms. The van der Waals surface area contributed by atoms with E-state index >= 15 is 0 Å². The van der Waals surface area contributed by atoms with Crippen molar-refractivity contribution in [2.45, 2.75) is 19.9 Å². The molecular formula is C16H15Br2NO. The second-order valence-corrected chi connectivity index (χ2v) is 6.39. The molecule has 0 aliphatic carbocycles. The molecule has 0 aromatic heterocycles. The van der Waals surface area contributed by atoms with E-state index < -0.39 is 0 Å². The number of benzene rings is 2. The minimum Gasteiger partial charge on any atom is -0.345 e. The maximum atomic E-state index is 12.3. The van der Waals surface area contributed by atoms with Crippen molar-refractivity contribution in [3.05, 3.63) is 68.1 Å². The normalized spacial score (nSPS) is 12.0. The van der Waals surface area contributed by atoms with Gasteiger partial charge in [0.1, 0.15) is 0 Å². The predicted octanol–water partition coefficient (Wildman–Crippen LogP) is 5.01. The Morgan fingerprint density at radius 2 is 1.80 bits per heavy atom. The van der Waals surface area contributed by atoms with E-state index in [1.165, 1.54) is 0 Å². The Morgan fingerprint density at radius 3 is 2.45 bits per heavy atom.